The van der Waals surface area contributed by atoms with Gasteiger partial charge < -0.3 is 4.52 Å². The topological polar surface area (TPSA) is 72.2 Å². The van der Waals surface area contributed by atoms with E-state index < -0.39 is 36.8 Å². The van der Waals surface area contributed by atoms with E-state index in [1.165, 1.54) is 0 Å². The first kappa shape index (κ1) is 13.9. The second kappa shape index (κ2) is 4.85. The van der Waals surface area contributed by atoms with E-state index in [-0.39, 0.29) is 11.9 Å². The molecule has 0 radical (unpaired) electrons. The number of benzene rings is 1. The average molecular weight is 357 g/mol. The molecule has 0 unspecified atom stereocenters. The number of nitrogens with one attached hydrogen (secondary N) is 1. The molecule has 0 spiro atoms. The average Bonchev–Trinajstić information content (AvgIpc) is 2.77. The van der Waals surface area contributed by atoms with Crippen LogP contribution in [-0.4, -0.2) is 13.6 Å². The fraction of sp³-hybridized carbons (Fsp3) is 0. The van der Waals surface area contributed by atoms with Gasteiger partial charge in [0, 0.05) is 12.1 Å². The molecule has 0 amide bonds. The summed E-state index contributed by atoms with van der Waals surface area (Å²) in [5, 5.41) is 3.23. The Morgan fingerprint density at radius 3 is 2.53 bits per heavy atom. The minimum Gasteiger partial charge on any atom is -0.363 e. The van der Waals surface area contributed by atoms with Crippen LogP contribution in [0.25, 0.3) is 0 Å². The molecular formula is C9H4BrF3N2O3S. The Morgan fingerprint density at radius 2 is 1.95 bits per heavy atom. The van der Waals surface area contributed by atoms with Crippen molar-refractivity contribution in [1.29, 1.82) is 0 Å². The zero-order chi connectivity index (χ0) is 14.2. The van der Waals surface area contributed by atoms with Crippen molar-refractivity contribution in [2.75, 3.05) is 4.72 Å². The molecule has 0 aliphatic heterocycles. The summed E-state index contributed by atoms with van der Waals surface area (Å²) in [6, 6.07) is 1.39. The molecule has 2 rings (SSSR count). The number of hydrogen-bond acceptors (Lipinski definition) is 4. The molecule has 0 saturated heterocycles. The summed E-state index contributed by atoms with van der Waals surface area (Å²) < 4.78 is 69.1. The van der Waals surface area contributed by atoms with Crippen LogP contribution in [0.1, 0.15) is 0 Å². The van der Waals surface area contributed by atoms with Gasteiger partial charge in [-0.25, -0.2) is 21.6 Å². The Bertz CT molecular complexity index is 719. The van der Waals surface area contributed by atoms with Crippen molar-refractivity contribution >= 4 is 31.8 Å². The summed E-state index contributed by atoms with van der Waals surface area (Å²) in [4.78, 5) is -1.32. The molecule has 0 aliphatic carbocycles. The van der Waals surface area contributed by atoms with Gasteiger partial charge in [-0.2, -0.15) is 0 Å². The molecule has 1 heterocycles. The molecule has 0 fully saturated rings. The zero-order valence-corrected chi connectivity index (χ0v) is 11.2. The number of anilines is 1. The summed E-state index contributed by atoms with van der Waals surface area (Å²) in [6.07, 6.45) is 1.06. The molecule has 0 saturated carbocycles. The third-order valence-corrected chi connectivity index (χ3v) is 4.13. The van der Waals surface area contributed by atoms with Crippen molar-refractivity contribution in [3.05, 3.63) is 40.3 Å². The number of hydrogen-bond donors (Lipinski definition) is 1. The predicted octanol–water partition coefficient (Wildman–Crippen LogP) is 2.66. The number of aromatic nitrogens is 1. The molecule has 5 nitrogen and oxygen atoms in total. The van der Waals surface area contributed by atoms with Crippen LogP contribution in [0.4, 0.5) is 19.0 Å². The van der Waals surface area contributed by atoms with E-state index in [0.29, 0.717) is 0 Å². The first-order chi connectivity index (χ1) is 8.83. The summed E-state index contributed by atoms with van der Waals surface area (Å²) in [5.74, 6) is -4.66. The maximum atomic E-state index is 13.7. The van der Waals surface area contributed by atoms with Crippen molar-refractivity contribution in [3.8, 4) is 0 Å². The van der Waals surface area contributed by atoms with E-state index in [4.69, 9.17) is 0 Å². The Labute approximate surface area is 113 Å². The lowest BCUT2D eigenvalue weighted by molar-refractivity contribution is 0.423. The summed E-state index contributed by atoms with van der Waals surface area (Å²) in [6.45, 7) is 0. The molecular weight excluding hydrogens is 353 g/mol. The maximum absolute atomic E-state index is 13.7. The SMILES string of the molecule is O=S(=O)(Nc1ccon1)c1c(F)cc(F)c(Br)c1F. The Morgan fingerprint density at radius 1 is 1.26 bits per heavy atom. The fourth-order valence-electron chi connectivity index (χ4n) is 1.25. The van der Waals surface area contributed by atoms with Gasteiger partial charge in [0.1, 0.15) is 17.9 Å². The minimum absolute atomic E-state index is 0.254. The van der Waals surface area contributed by atoms with Crippen molar-refractivity contribution in [3.63, 3.8) is 0 Å². The molecule has 0 atom stereocenters. The van der Waals surface area contributed by atoms with E-state index in [2.05, 4.69) is 25.6 Å². The zero-order valence-electron chi connectivity index (χ0n) is 8.82. The molecule has 19 heavy (non-hydrogen) atoms. The number of nitrogens with zero attached hydrogens (tertiary/aromatic N) is 1. The van der Waals surface area contributed by atoms with Gasteiger partial charge in [-0.15, -0.1) is 0 Å². The third kappa shape index (κ3) is 2.59. The van der Waals surface area contributed by atoms with Crippen LogP contribution < -0.4 is 4.72 Å². The lowest BCUT2D eigenvalue weighted by Gasteiger charge is -2.08. The molecule has 1 aromatic heterocycles. The van der Waals surface area contributed by atoms with Crippen LogP contribution in [0.2, 0.25) is 0 Å². The maximum Gasteiger partial charge on any atom is 0.269 e. The van der Waals surface area contributed by atoms with Crippen molar-refractivity contribution < 1.29 is 26.1 Å². The summed E-state index contributed by atoms with van der Waals surface area (Å²) >= 11 is 2.49. The predicted molar refractivity (Wildman–Crippen MR) is 61.3 cm³/mol. The van der Waals surface area contributed by atoms with E-state index in [0.717, 1.165) is 12.3 Å². The molecule has 0 bridgehead atoms. The van der Waals surface area contributed by atoms with Crippen LogP contribution in [-0.2, 0) is 10.0 Å². The number of halogens is 4. The van der Waals surface area contributed by atoms with Gasteiger partial charge >= 0.3 is 0 Å². The van der Waals surface area contributed by atoms with Crippen LogP contribution in [0.15, 0.2) is 32.3 Å². The van der Waals surface area contributed by atoms with E-state index in [1.54, 1.807) is 4.72 Å². The smallest absolute Gasteiger partial charge is 0.269 e. The monoisotopic (exact) mass is 356 g/mol. The molecule has 10 heteroatoms. The Balaban J connectivity index is 2.55. The second-order valence-corrected chi connectivity index (χ2v) is 5.70. The highest BCUT2D eigenvalue weighted by Gasteiger charge is 2.28. The van der Waals surface area contributed by atoms with E-state index in [9.17, 15) is 21.6 Å². The van der Waals surface area contributed by atoms with E-state index >= 15 is 0 Å². The van der Waals surface area contributed by atoms with Crippen molar-refractivity contribution in [2.45, 2.75) is 4.90 Å². The first-order valence-corrected chi connectivity index (χ1v) is 6.86. The molecule has 1 aromatic carbocycles. The molecule has 102 valence electrons. The highest BCUT2D eigenvalue weighted by Crippen LogP contribution is 2.29. The van der Waals surface area contributed by atoms with Crippen LogP contribution in [0.3, 0.4) is 0 Å². The second-order valence-electron chi connectivity index (χ2n) is 3.29. The lowest BCUT2D eigenvalue weighted by Crippen LogP contribution is -2.17. The standard InChI is InChI=1S/C9H4BrF3N2O3S/c10-7-4(11)3-5(12)9(8(7)13)19(16,17)15-6-1-2-18-14-6/h1-3H,(H,14,15). The van der Waals surface area contributed by atoms with Gasteiger partial charge in [0.2, 0.25) is 0 Å². The normalized spacial score (nSPS) is 11.6. The van der Waals surface area contributed by atoms with E-state index in [1.807, 2.05) is 0 Å². The largest absolute Gasteiger partial charge is 0.363 e. The fourth-order valence-corrected chi connectivity index (χ4v) is 2.83. The van der Waals surface area contributed by atoms with Crippen LogP contribution in [0.5, 0.6) is 0 Å². The minimum atomic E-state index is -4.60. The van der Waals surface area contributed by atoms with Gasteiger partial charge in [0.15, 0.2) is 16.5 Å². The number of sulfonamides is 1. The highest BCUT2D eigenvalue weighted by atomic mass is 79.9. The van der Waals surface area contributed by atoms with Crippen molar-refractivity contribution in [1.82, 2.24) is 5.16 Å². The Kier molecular flexibility index (Phi) is 3.54. The lowest BCUT2D eigenvalue weighted by atomic mass is 10.3. The summed E-state index contributed by atoms with van der Waals surface area (Å²) in [5.41, 5.74) is 0. The Hall–Kier alpha value is -1.55. The first-order valence-electron chi connectivity index (χ1n) is 4.59. The highest BCUT2D eigenvalue weighted by molar-refractivity contribution is 9.10. The summed E-state index contributed by atoms with van der Waals surface area (Å²) in [7, 11) is -4.60. The quantitative estimate of drug-likeness (QED) is 0.677. The van der Waals surface area contributed by atoms with Crippen LogP contribution in [0, 0.1) is 17.5 Å². The molecule has 0 aliphatic rings. The van der Waals surface area contributed by atoms with Gasteiger partial charge in [-0.3, -0.25) is 4.72 Å². The molecule has 2 aromatic rings. The van der Waals surface area contributed by atoms with Gasteiger partial charge in [-0.05, 0) is 15.9 Å². The molecule has 1 N–H and O–H groups in total. The van der Waals surface area contributed by atoms with Gasteiger partial charge in [0.25, 0.3) is 10.0 Å². The third-order valence-electron chi connectivity index (χ3n) is 2.02. The van der Waals surface area contributed by atoms with Gasteiger partial charge in [-0.1, -0.05) is 5.16 Å². The van der Waals surface area contributed by atoms with Gasteiger partial charge in [0.05, 0.1) is 4.47 Å². The number of rotatable bonds is 3. The van der Waals surface area contributed by atoms with Crippen LogP contribution >= 0.6 is 15.9 Å². The van der Waals surface area contributed by atoms with Crippen molar-refractivity contribution in [2.24, 2.45) is 0 Å².